The Hall–Kier alpha value is -3.74. The van der Waals surface area contributed by atoms with E-state index in [9.17, 15) is 9.18 Å². The third-order valence-corrected chi connectivity index (χ3v) is 6.06. The highest BCUT2D eigenvalue weighted by Gasteiger charge is 2.31. The summed E-state index contributed by atoms with van der Waals surface area (Å²) in [7, 11) is 1.92. The number of aryl methyl sites for hydroxylation is 1. The highest BCUT2D eigenvalue weighted by atomic mass is 19.1. The van der Waals surface area contributed by atoms with Crippen molar-refractivity contribution < 1.29 is 9.18 Å². The highest BCUT2D eigenvalue weighted by molar-refractivity contribution is 5.94. The van der Waals surface area contributed by atoms with E-state index in [0.29, 0.717) is 24.3 Å². The van der Waals surface area contributed by atoms with Crippen molar-refractivity contribution in [2.75, 3.05) is 6.54 Å². The average Bonchev–Trinajstić information content (AvgIpc) is 3.40. The van der Waals surface area contributed by atoms with Gasteiger partial charge in [-0.2, -0.15) is 10.2 Å². The van der Waals surface area contributed by atoms with E-state index in [1.165, 1.54) is 22.5 Å². The minimum absolute atomic E-state index is 0.0456. The monoisotopic (exact) mass is 415 g/mol. The number of carbonyl (C=O) groups excluding carboxylic acids is 1. The second kappa shape index (κ2) is 7.50. The molecule has 1 atom stereocenters. The largest absolute Gasteiger partial charge is 0.333 e. The number of carbonyl (C=O) groups is 1. The number of nitrogens with zero attached hydrogens (tertiary/aromatic N) is 5. The molecule has 7 heteroatoms. The molecule has 1 amide bonds. The molecule has 0 N–H and O–H groups in total. The van der Waals surface area contributed by atoms with Gasteiger partial charge in [-0.3, -0.25) is 9.48 Å². The third kappa shape index (κ3) is 3.32. The molecule has 0 aliphatic carbocycles. The van der Waals surface area contributed by atoms with Crippen molar-refractivity contribution in [3.63, 3.8) is 0 Å². The van der Waals surface area contributed by atoms with Crippen molar-refractivity contribution in [2.45, 2.75) is 19.4 Å². The van der Waals surface area contributed by atoms with Crippen LogP contribution in [0.4, 0.5) is 4.39 Å². The van der Waals surface area contributed by atoms with Gasteiger partial charge < -0.3 is 4.90 Å². The van der Waals surface area contributed by atoms with Gasteiger partial charge in [0.15, 0.2) is 0 Å². The summed E-state index contributed by atoms with van der Waals surface area (Å²) >= 11 is 0. The van der Waals surface area contributed by atoms with Crippen LogP contribution in [-0.2, 0) is 13.6 Å². The van der Waals surface area contributed by atoms with Crippen LogP contribution in [0.25, 0.3) is 5.69 Å². The van der Waals surface area contributed by atoms with Crippen LogP contribution in [0.5, 0.6) is 0 Å². The Morgan fingerprint density at radius 2 is 1.81 bits per heavy atom. The number of amides is 1. The standard InChI is InChI=1S/C24H22FN5O/c1-16-20(12-26-28(16)2)21-15-29(13-17-7-3-4-8-19(17)21)24(31)18-11-27-30(14-18)23-10-6-5-9-22(23)25/h3-12,14,21H,13,15H2,1-2H3. The van der Waals surface area contributed by atoms with Crippen LogP contribution in [0.15, 0.2) is 67.1 Å². The number of rotatable bonds is 3. The summed E-state index contributed by atoms with van der Waals surface area (Å²) in [6, 6.07) is 14.6. The van der Waals surface area contributed by atoms with Gasteiger partial charge in [-0.15, -0.1) is 0 Å². The molecule has 1 aliphatic heterocycles. The number of hydrogen-bond acceptors (Lipinski definition) is 3. The summed E-state index contributed by atoms with van der Waals surface area (Å²) in [4.78, 5) is 15.2. The Labute approximate surface area is 179 Å². The summed E-state index contributed by atoms with van der Waals surface area (Å²) in [5.41, 5.74) is 5.30. The first-order chi connectivity index (χ1) is 15.0. The summed E-state index contributed by atoms with van der Waals surface area (Å²) < 4.78 is 17.4. The van der Waals surface area contributed by atoms with E-state index in [0.717, 1.165) is 16.8 Å². The minimum Gasteiger partial charge on any atom is -0.333 e. The predicted octanol–water partition coefficient (Wildman–Crippen LogP) is 3.84. The Morgan fingerprint density at radius 3 is 2.58 bits per heavy atom. The first kappa shape index (κ1) is 19.2. The quantitative estimate of drug-likeness (QED) is 0.511. The number of aromatic nitrogens is 4. The maximum atomic E-state index is 14.1. The van der Waals surface area contributed by atoms with Crippen LogP contribution in [0.2, 0.25) is 0 Å². The fourth-order valence-electron chi connectivity index (χ4n) is 4.27. The lowest BCUT2D eigenvalue weighted by atomic mass is 9.84. The summed E-state index contributed by atoms with van der Waals surface area (Å²) in [6.45, 7) is 3.12. The Morgan fingerprint density at radius 1 is 1.03 bits per heavy atom. The molecule has 4 aromatic rings. The van der Waals surface area contributed by atoms with E-state index < -0.39 is 0 Å². The van der Waals surface area contributed by atoms with E-state index >= 15 is 0 Å². The summed E-state index contributed by atoms with van der Waals surface area (Å²) in [5, 5.41) is 8.62. The Bertz CT molecular complexity index is 1270. The van der Waals surface area contributed by atoms with Gasteiger partial charge in [0, 0.05) is 43.5 Å². The second-order valence-corrected chi connectivity index (χ2v) is 7.87. The van der Waals surface area contributed by atoms with Crippen LogP contribution in [0, 0.1) is 12.7 Å². The van der Waals surface area contributed by atoms with Gasteiger partial charge in [0.05, 0.1) is 18.0 Å². The molecule has 0 saturated heterocycles. The van der Waals surface area contributed by atoms with Gasteiger partial charge in [-0.05, 0) is 30.2 Å². The number of halogens is 1. The van der Waals surface area contributed by atoms with E-state index in [1.807, 2.05) is 41.9 Å². The van der Waals surface area contributed by atoms with E-state index in [4.69, 9.17) is 0 Å². The van der Waals surface area contributed by atoms with Crippen LogP contribution in [0.1, 0.15) is 38.7 Å². The molecule has 31 heavy (non-hydrogen) atoms. The molecule has 0 fully saturated rings. The van der Waals surface area contributed by atoms with Crippen LogP contribution < -0.4 is 0 Å². The van der Waals surface area contributed by atoms with Crippen molar-refractivity contribution in [2.24, 2.45) is 7.05 Å². The first-order valence-electron chi connectivity index (χ1n) is 10.2. The second-order valence-electron chi connectivity index (χ2n) is 7.87. The number of fused-ring (bicyclic) bond motifs is 1. The number of hydrogen-bond donors (Lipinski definition) is 0. The summed E-state index contributed by atoms with van der Waals surface area (Å²) in [5.74, 6) is -0.462. The van der Waals surface area contributed by atoms with Crippen molar-refractivity contribution in [3.8, 4) is 5.69 Å². The van der Waals surface area contributed by atoms with Gasteiger partial charge in [-0.25, -0.2) is 9.07 Å². The molecule has 0 bridgehead atoms. The van der Waals surface area contributed by atoms with E-state index in [-0.39, 0.29) is 17.6 Å². The molecule has 1 aliphatic rings. The Balaban J connectivity index is 1.48. The maximum absolute atomic E-state index is 14.1. The average molecular weight is 415 g/mol. The lowest BCUT2D eigenvalue weighted by molar-refractivity contribution is 0.0725. The molecule has 0 saturated carbocycles. The molecule has 156 valence electrons. The molecule has 6 nitrogen and oxygen atoms in total. The third-order valence-electron chi connectivity index (χ3n) is 6.06. The van der Waals surface area contributed by atoms with Crippen LogP contribution >= 0.6 is 0 Å². The van der Waals surface area contributed by atoms with E-state index in [1.54, 1.807) is 24.4 Å². The van der Waals surface area contributed by atoms with Crippen molar-refractivity contribution in [1.29, 1.82) is 0 Å². The molecule has 5 rings (SSSR count). The predicted molar refractivity (Wildman–Crippen MR) is 114 cm³/mol. The van der Waals surface area contributed by atoms with Crippen molar-refractivity contribution in [3.05, 3.63) is 101 Å². The smallest absolute Gasteiger partial charge is 0.257 e. The molecule has 3 heterocycles. The van der Waals surface area contributed by atoms with Crippen molar-refractivity contribution >= 4 is 5.91 Å². The van der Waals surface area contributed by atoms with Crippen LogP contribution in [0.3, 0.4) is 0 Å². The highest BCUT2D eigenvalue weighted by Crippen LogP contribution is 2.35. The fraction of sp³-hybridized carbons (Fsp3) is 0.208. The lowest BCUT2D eigenvalue weighted by Crippen LogP contribution is -2.38. The summed E-state index contributed by atoms with van der Waals surface area (Å²) in [6.07, 6.45) is 4.98. The van der Waals surface area contributed by atoms with Gasteiger partial charge in [0.25, 0.3) is 5.91 Å². The van der Waals surface area contributed by atoms with Gasteiger partial charge >= 0.3 is 0 Å². The zero-order valence-corrected chi connectivity index (χ0v) is 17.4. The maximum Gasteiger partial charge on any atom is 0.257 e. The van der Waals surface area contributed by atoms with Gasteiger partial charge in [-0.1, -0.05) is 36.4 Å². The molecule has 1 unspecified atom stereocenters. The zero-order valence-electron chi connectivity index (χ0n) is 17.4. The van der Waals surface area contributed by atoms with Gasteiger partial charge in [0.1, 0.15) is 11.5 Å². The minimum atomic E-state index is -0.386. The Kier molecular flexibility index (Phi) is 4.66. The SMILES string of the molecule is Cc1c(C2CN(C(=O)c3cnn(-c4ccccc4F)c3)Cc3ccccc32)cnn1C. The molecular formula is C24H22FN5O. The van der Waals surface area contributed by atoms with Crippen molar-refractivity contribution in [1.82, 2.24) is 24.5 Å². The van der Waals surface area contributed by atoms with Crippen LogP contribution in [-0.4, -0.2) is 36.9 Å². The normalized spacial score (nSPS) is 15.7. The molecule has 2 aromatic heterocycles. The van der Waals surface area contributed by atoms with E-state index in [2.05, 4.69) is 22.3 Å². The lowest BCUT2D eigenvalue weighted by Gasteiger charge is -2.34. The number of para-hydroxylation sites is 1. The molecular weight excluding hydrogens is 393 g/mol. The fourth-order valence-corrected chi connectivity index (χ4v) is 4.27. The van der Waals surface area contributed by atoms with Gasteiger partial charge in [0.2, 0.25) is 0 Å². The number of benzene rings is 2. The molecule has 0 spiro atoms. The first-order valence-corrected chi connectivity index (χ1v) is 10.2. The molecule has 2 aromatic carbocycles. The zero-order chi connectivity index (χ0) is 21.5. The topological polar surface area (TPSA) is 56.0 Å². The molecule has 0 radical (unpaired) electrons.